The highest BCUT2D eigenvalue weighted by atomic mass is 31.2. The molecule has 0 unspecified atom stereocenters. The second-order valence-electron chi connectivity index (χ2n) is 4.74. The Bertz CT molecular complexity index is 565. The van der Waals surface area contributed by atoms with Gasteiger partial charge in [0, 0.05) is 37.1 Å². The van der Waals surface area contributed by atoms with Crippen LogP contribution in [-0.4, -0.2) is 31.5 Å². The molecule has 2 rings (SSSR count). The fourth-order valence-electron chi connectivity index (χ4n) is 2.01. The molecule has 0 amide bonds. The molecule has 0 aliphatic carbocycles. The Balaban J connectivity index is 2.42. The number of rotatable bonds is 5. The molecular formula is C16H19N2OP. The Hall–Kier alpha value is -1.86. The second-order valence-corrected chi connectivity index (χ2v) is 7.62. The molecule has 104 valence electrons. The van der Waals surface area contributed by atoms with Crippen LogP contribution in [0.1, 0.15) is 0 Å². The smallest absolute Gasteiger partial charge is 0.148 e. The predicted octanol–water partition coefficient (Wildman–Crippen LogP) is 2.55. The van der Waals surface area contributed by atoms with E-state index in [0.717, 1.165) is 10.6 Å². The maximum atomic E-state index is 13.5. The van der Waals surface area contributed by atoms with E-state index < -0.39 is 7.14 Å². The van der Waals surface area contributed by atoms with Gasteiger partial charge in [0.2, 0.25) is 0 Å². The van der Waals surface area contributed by atoms with Crippen LogP contribution in [0.5, 0.6) is 0 Å². The lowest BCUT2D eigenvalue weighted by Gasteiger charge is -2.17. The third kappa shape index (κ3) is 3.37. The lowest BCUT2D eigenvalue weighted by atomic mass is 10.4. The highest BCUT2D eigenvalue weighted by molar-refractivity contribution is 7.79. The van der Waals surface area contributed by atoms with Crippen molar-refractivity contribution in [1.82, 2.24) is 5.01 Å². The standard InChI is InChI=1S/C16H19N2OP/c1-18(2)17-13-14-20(19,15-9-5-3-6-10-15)16-11-7-4-8-12-16/h3-13H,14H2,1-2H3. The quantitative estimate of drug-likeness (QED) is 0.481. The third-order valence-corrected chi connectivity index (χ3v) is 5.94. The zero-order valence-electron chi connectivity index (χ0n) is 11.8. The summed E-state index contributed by atoms with van der Waals surface area (Å²) in [6.07, 6.45) is 2.17. The molecule has 0 radical (unpaired) electrons. The molecule has 0 saturated heterocycles. The molecule has 0 aliphatic heterocycles. The number of hydrogen-bond acceptors (Lipinski definition) is 3. The first-order chi connectivity index (χ1) is 9.63. The first-order valence-corrected chi connectivity index (χ1v) is 8.42. The molecule has 0 atom stereocenters. The van der Waals surface area contributed by atoms with Gasteiger partial charge in [-0.15, -0.1) is 0 Å². The van der Waals surface area contributed by atoms with Crippen molar-refractivity contribution in [2.24, 2.45) is 5.10 Å². The molecule has 0 N–H and O–H groups in total. The van der Waals surface area contributed by atoms with Crippen LogP contribution in [0, 0.1) is 0 Å². The average Bonchev–Trinajstić information content (AvgIpc) is 2.48. The van der Waals surface area contributed by atoms with Crippen molar-refractivity contribution >= 4 is 24.0 Å². The van der Waals surface area contributed by atoms with Crippen LogP contribution < -0.4 is 10.6 Å². The molecule has 2 aromatic carbocycles. The first-order valence-electron chi connectivity index (χ1n) is 6.53. The van der Waals surface area contributed by atoms with E-state index in [-0.39, 0.29) is 0 Å². The Kier molecular flexibility index (Phi) is 4.75. The fourth-order valence-corrected chi connectivity index (χ4v) is 4.34. The maximum absolute atomic E-state index is 13.5. The summed E-state index contributed by atoms with van der Waals surface area (Å²) in [4.78, 5) is 0. The molecule has 3 nitrogen and oxygen atoms in total. The van der Waals surface area contributed by atoms with Gasteiger partial charge in [0.15, 0.2) is 0 Å². The maximum Gasteiger partial charge on any atom is 0.148 e. The van der Waals surface area contributed by atoms with Crippen molar-refractivity contribution in [2.45, 2.75) is 0 Å². The molecule has 0 saturated carbocycles. The molecule has 0 heterocycles. The van der Waals surface area contributed by atoms with Crippen molar-refractivity contribution in [1.29, 1.82) is 0 Å². The Morgan fingerprint density at radius 2 is 1.40 bits per heavy atom. The molecule has 0 bridgehead atoms. The lowest BCUT2D eigenvalue weighted by Crippen LogP contribution is -2.19. The molecule has 0 aromatic heterocycles. The van der Waals surface area contributed by atoms with Crippen LogP contribution in [0.2, 0.25) is 0 Å². The summed E-state index contributed by atoms with van der Waals surface area (Å²) < 4.78 is 13.5. The SMILES string of the molecule is CN(C)N=CCP(=O)(c1ccccc1)c1ccccc1. The number of benzene rings is 2. The summed E-state index contributed by atoms with van der Waals surface area (Å²) in [5.74, 6) is 0. The van der Waals surface area contributed by atoms with Gasteiger partial charge in [0.1, 0.15) is 7.14 Å². The van der Waals surface area contributed by atoms with Gasteiger partial charge >= 0.3 is 0 Å². The van der Waals surface area contributed by atoms with E-state index in [1.807, 2.05) is 74.8 Å². The molecule has 0 fully saturated rings. The monoisotopic (exact) mass is 286 g/mol. The van der Waals surface area contributed by atoms with Gasteiger partial charge in [-0.2, -0.15) is 5.10 Å². The van der Waals surface area contributed by atoms with Crippen LogP contribution in [-0.2, 0) is 4.57 Å². The van der Waals surface area contributed by atoms with E-state index >= 15 is 0 Å². The molecule has 2 aromatic rings. The molecular weight excluding hydrogens is 267 g/mol. The minimum atomic E-state index is -2.66. The Labute approximate surface area is 120 Å². The largest absolute Gasteiger partial charge is 0.313 e. The highest BCUT2D eigenvalue weighted by Gasteiger charge is 2.25. The van der Waals surface area contributed by atoms with E-state index in [1.54, 1.807) is 11.2 Å². The molecule has 4 heteroatoms. The van der Waals surface area contributed by atoms with Crippen molar-refractivity contribution < 1.29 is 4.57 Å². The van der Waals surface area contributed by atoms with Gasteiger partial charge in [0.25, 0.3) is 0 Å². The Morgan fingerprint density at radius 3 is 1.80 bits per heavy atom. The van der Waals surface area contributed by atoms with Crippen molar-refractivity contribution in [3.63, 3.8) is 0 Å². The summed E-state index contributed by atoms with van der Waals surface area (Å²) in [5, 5.41) is 7.65. The van der Waals surface area contributed by atoms with E-state index in [2.05, 4.69) is 5.10 Å². The van der Waals surface area contributed by atoms with Crippen LogP contribution in [0.15, 0.2) is 65.8 Å². The van der Waals surface area contributed by atoms with Gasteiger partial charge in [0.05, 0.1) is 0 Å². The van der Waals surface area contributed by atoms with Crippen LogP contribution in [0.25, 0.3) is 0 Å². The fraction of sp³-hybridized carbons (Fsp3) is 0.188. The van der Waals surface area contributed by atoms with Gasteiger partial charge < -0.3 is 9.57 Å². The third-order valence-electron chi connectivity index (χ3n) is 3.00. The average molecular weight is 286 g/mol. The number of hydrogen-bond donors (Lipinski definition) is 0. The molecule has 20 heavy (non-hydrogen) atoms. The minimum Gasteiger partial charge on any atom is -0.313 e. The van der Waals surface area contributed by atoms with E-state index in [9.17, 15) is 4.57 Å². The number of hydrazone groups is 1. The van der Waals surface area contributed by atoms with Crippen molar-refractivity contribution in [2.75, 3.05) is 20.3 Å². The minimum absolute atomic E-state index is 0.430. The van der Waals surface area contributed by atoms with Crippen molar-refractivity contribution in [3.05, 3.63) is 60.7 Å². The predicted molar refractivity (Wildman–Crippen MR) is 86.8 cm³/mol. The normalized spacial score (nSPS) is 11.7. The summed E-state index contributed by atoms with van der Waals surface area (Å²) in [6, 6.07) is 19.3. The summed E-state index contributed by atoms with van der Waals surface area (Å²) in [5.41, 5.74) is 0. The summed E-state index contributed by atoms with van der Waals surface area (Å²) >= 11 is 0. The van der Waals surface area contributed by atoms with E-state index in [4.69, 9.17) is 0 Å². The zero-order valence-corrected chi connectivity index (χ0v) is 12.7. The summed E-state index contributed by atoms with van der Waals surface area (Å²) in [7, 11) is 1.05. The lowest BCUT2D eigenvalue weighted by molar-refractivity contribution is 0.440. The van der Waals surface area contributed by atoms with Gasteiger partial charge in [-0.3, -0.25) is 0 Å². The second kappa shape index (κ2) is 6.53. The first kappa shape index (κ1) is 14.5. The zero-order chi connectivity index (χ0) is 14.4. The van der Waals surface area contributed by atoms with Crippen LogP contribution in [0.3, 0.4) is 0 Å². The topological polar surface area (TPSA) is 32.7 Å². The van der Waals surface area contributed by atoms with Gasteiger partial charge in [-0.05, 0) is 0 Å². The number of nitrogens with zero attached hydrogens (tertiary/aromatic N) is 2. The Morgan fingerprint density at radius 1 is 0.950 bits per heavy atom. The van der Waals surface area contributed by atoms with Crippen LogP contribution in [0.4, 0.5) is 0 Å². The summed E-state index contributed by atoms with van der Waals surface area (Å²) in [6.45, 7) is 0. The van der Waals surface area contributed by atoms with Gasteiger partial charge in [-0.1, -0.05) is 60.7 Å². The van der Waals surface area contributed by atoms with E-state index in [1.165, 1.54) is 0 Å². The van der Waals surface area contributed by atoms with Gasteiger partial charge in [-0.25, -0.2) is 0 Å². The van der Waals surface area contributed by atoms with E-state index in [0.29, 0.717) is 6.16 Å². The van der Waals surface area contributed by atoms with Crippen molar-refractivity contribution in [3.8, 4) is 0 Å². The molecule has 0 spiro atoms. The highest BCUT2D eigenvalue weighted by Crippen LogP contribution is 2.42. The van der Waals surface area contributed by atoms with Crippen LogP contribution >= 0.6 is 7.14 Å². The molecule has 0 aliphatic rings.